The summed E-state index contributed by atoms with van der Waals surface area (Å²) in [5.74, 6) is -1.48. The number of unbranched alkanes of at least 4 members (excludes halogenated alkanes) is 2. The van der Waals surface area contributed by atoms with E-state index in [1.165, 1.54) is 0 Å². The van der Waals surface area contributed by atoms with E-state index in [2.05, 4.69) is 13.8 Å². The van der Waals surface area contributed by atoms with Crippen molar-refractivity contribution >= 4 is 22.1 Å². The lowest BCUT2D eigenvalue weighted by Gasteiger charge is -2.20. The van der Waals surface area contributed by atoms with Gasteiger partial charge in [-0.05, 0) is 31.1 Å². The summed E-state index contributed by atoms with van der Waals surface area (Å²) in [6.45, 7) is 8.42. The number of rotatable bonds is 15. The zero-order chi connectivity index (χ0) is 22.1. The highest BCUT2D eigenvalue weighted by atomic mass is 32.2. The van der Waals surface area contributed by atoms with Crippen molar-refractivity contribution in [3.63, 3.8) is 0 Å². The molecular weight excluding hydrogens is 396 g/mol. The highest BCUT2D eigenvalue weighted by molar-refractivity contribution is 7.86. The van der Waals surface area contributed by atoms with Gasteiger partial charge in [0, 0.05) is 0 Å². The smallest absolute Gasteiger partial charge is 0.325 e. The first-order valence-electron chi connectivity index (χ1n) is 11.0. The van der Waals surface area contributed by atoms with Crippen molar-refractivity contribution in [2.45, 2.75) is 90.7 Å². The lowest BCUT2D eigenvalue weighted by Crippen LogP contribution is -2.36. The second-order valence-electron chi connectivity index (χ2n) is 8.21. The summed E-state index contributed by atoms with van der Waals surface area (Å²) in [7, 11) is -4.55. The maximum Gasteiger partial charge on any atom is 0.325 e. The van der Waals surface area contributed by atoms with Gasteiger partial charge in [0.05, 0.1) is 13.2 Å². The molecular formula is C21H38O7S. The first-order chi connectivity index (χ1) is 13.7. The van der Waals surface area contributed by atoms with Gasteiger partial charge in [-0.3, -0.25) is 14.1 Å². The van der Waals surface area contributed by atoms with Crippen molar-refractivity contribution in [3.8, 4) is 0 Å². The Kier molecular flexibility index (Phi) is 10.6. The van der Waals surface area contributed by atoms with Crippen LogP contribution in [-0.2, 0) is 29.2 Å². The van der Waals surface area contributed by atoms with E-state index < -0.39 is 32.7 Å². The molecule has 0 saturated heterocycles. The predicted molar refractivity (Wildman–Crippen MR) is 111 cm³/mol. The maximum absolute atomic E-state index is 12.7. The van der Waals surface area contributed by atoms with Crippen LogP contribution in [0.15, 0.2) is 0 Å². The molecule has 1 fully saturated rings. The Morgan fingerprint density at radius 2 is 1.34 bits per heavy atom. The molecule has 3 unspecified atom stereocenters. The van der Waals surface area contributed by atoms with Gasteiger partial charge in [-0.2, -0.15) is 8.42 Å². The van der Waals surface area contributed by atoms with Crippen LogP contribution >= 0.6 is 0 Å². The summed E-state index contributed by atoms with van der Waals surface area (Å²) in [5, 5.41) is -1.48. The molecule has 0 aliphatic heterocycles. The fourth-order valence-electron chi connectivity index (χ4n) is 3.55. The number of carbonyl (C=O) groups excluding carboxylic acids is 2. The van der Waals surface area contributed by atoms with Crippen LogP contribution in [-0.4, -0.2) is 43.4 Å². The first kappa shape index (κ1) is 25.9. The van der Waals surface area contributed by atoms with Crippen LogP contribution in [0.4, 0.5) is 0 Å². The number of hydrogen-bond donors (Lipinski definition) is 1. The van der Waals surface area contributed by atoms with Crippen molar-refractivity contribution < 1.29 is 32.0 Å². The second-order valence-corrected chi connectivity index (χ2v) is 9.81. The van der Waals surface area contributed by atoms with Crippen LogP contribution in [0.25, 0.3) is 0 Å². The quantitative estimate of drug-likeness (QED) is 0.234. The van der Waals surface area contributed by atoms with Crippen LogP contribution < -0.4 is 0 Å². The molecule has 1 aliphatic rings. The summed E-state index contributed by atoms with van der Waals surface area (Å²) in [6.07, 6.45) is 7.22. The third-order valence-corrected chi connectivity index (χ3v) is 7.26. The van der Waals surface area contributed by atoms with Crippen molar-refractivity contribution in [2.75, 3.05) is 13.2 Å². The Morgan fingerprint density at radius 1 is 0.931 bits per heavy atom. The first-order valence-corrected chi connectivity index (χ1v) is 12.5. The summed E-state index contributed by atoms with van der Waals surface area (Å²) in [5.41, 5.74) is -1.93. The van der Waals surface area contributed by atoms with Gasteiger partial charge in [0.1, 0.15) is 5.25 Å². The Bertz CT molecular complexity index is 597. The van der Waals surface area contributed by atoms with Gasteiger partial charge >= 0.3 is 11.9 Å². The van der Waals surface area contributed by atoms with Crippen LogP contribution in [0.5, 0.6) is 0 Å². The molecule has 0 spiro atoms. The second kappa shape index (κ2) is 11.9. The van der Waals surface area contributed by atoms with Gasteiger partial charge in [0.25, 0.3) is 10.1 Å². The van der Waals surface area contributed by atoms with E-state index >= 15 is 0 Å². The summed E-state index contributed by atoms with van der Waals surface area (Å²) < 4.78 is 43.4. The number of hydrogen-bond acceptors (Lipinski definition) is 6. The van der Waals surface area contributed by atoms with Crippen LogP contribution in [0, 0.1) is 17.3 Å². The minimum Gasteiger partial charge on any atom is -0.465 e. The van der Waals surface area contributed by atoms with Crippen molar-refractivity contribution in [1.29, 1.82) is 0 Å². The Hall–Kier alpha value is -1.15. The molecule has 0 aromatic heterocycles. The lowest BCUT2D eigenvalue weighted by molar-refractivity contribution is -0.166. The third-order valence-electron chi connectivity index (χ3n) is 5.97. The SMILES string of the molecule is CCCCC(CC)COC(=O)C1(C(=O)OCC(CC)CCCC)CC1S(=O)(=O)O. The minimum atomic E-state index is -4.55. The monoisotopic (exact) mass is 434 g/mol. The lowest BCUT2D eigenvalue weighted by atomic mass is 10.00. The standard InChI is InChI=1S/C21H38O7S/c1-5-9-11-16(7-3)14-27-19(22)21(13-18(21)29(24,25)26)20(23)28-15-17(8-4)12-10-6-2/h16-18H,5-15H2,1-4H3,(H,24,25,26). The van der Waals surface area contributed by atoms with Gasteiger partial charge in [-0.1, -0.05) is 66.2 Å². The molecule has 7 nitrogen and oxygen atoms in total. The summed E-state index contributed by atoms with van der Waals surface area (Å²) >= 11 is 0. The molecule has 1 rings (SSSR count). The molecule has 3 atom stereocenters. The van der Waals surface area contributed by atoms with E-state index in [0.29, 0.717) is 0 Å². The average Bonchev–Trinajstić information content (AvgIpc) is 3.45. The van der Waals surface area contributed by atoms with E-state index in [1.807, 2.05) is 13.8 Å². The van der Waals surface area contributed by atoms with Crippen LogP contribution in [0.2, 0.25) is 0 Å². The topological polar surface area (TPSA) is 107 Å². The van der Waals surface area contributed by atoms with Gasteiger partial charge in [0.2, 0.25) is 0 Å². The molecule has 0 bridgehead atoms. The molecule has 1 N–H and O–H groups in total. The van der Waals surface area contributed by atoms with E-state index in [1.54, 1.807) is 0 Å². The molecule has 1 saturated carbocycles. The zero-order valence-corrected chi connectivity index (χ0v) is 19.1. The zero-order valence-electron chi connectivity index (χ0n) is 18.3. The third kappa shape index (κ3) is 7.24. The fourth-order valence-corrected chi connectivity index (χ4v) is 4.72. The molecule has 1 aliphatic carbocycles. The minimum absolute atomic E-state index is 0.136. The fraction of sp³-hybridized carbons (Fsp3) is 0.905. The maximum atomic E-state index is 12.7. The van der Waals surface area contributed by atoms with Crippen LogP contribution in [0.1, 0.15) is 85.5 Å². The van der Waals surface area contributed by atoms with Gasteiger partial charge in [-0.25, -0.2) is 0 Å². The molecule has 0 aromatic rings. The van der Waals surface area contributed by atoms with E-state index in [9.17, 15) is 22.6 Å². The van der Waals surface area contributed by atoms with Gasteiger partial charge in [0.15, 0.2) is 5.41 Å². The van der Waals surface area contributed by atoms with Crippen LogP contribution in [0.3, 0.4) is 0 Å². The predicted octanol–water partition coefficient (Wildman–Crippen LogP) is 4.15. The van der Waals surface area contributed by atoms with E-state index in [0.717, 1.165) is 51.4 Å². The summed E-state index contributed by atoms with van der Waals surface area (Å²) in [6, 6.07) is 0. The number of carbonyl (C=O) groups is 2. The van der Waals surface area contributed by atoms with Crippen molar-refractivity contribution in [1.82, 2.24) is 0 Å². The van der Waals surface area contributed by atoms with Crippen molar-refractivity contribution in [2.24, 2.45) is 17.3 Å². The number of esters is 2. The molecule has 8 heteroatoms. The van der Waals surface area contributed by atoms with Crippen molar-refractivity contribution in [3.05, 3.63) is 0 Å². The Labute approximate surface area is 175 Å². The Morgan fingerprint density at radius 3 is 1.62 bits per heavy atom. The van der Waals surface area contributed by atoms with E-state index in [4.69, 9.17) is 9.47 Å². The molecule has 29 heavy (non-hydrogen) atoms. The molecule has 0 radical (unpaired) electrons. The normalized spacial score (nSPS) is 23.3. The molecule has 0 heterocycles. The van der Waals surface area contributed by atoms with E-state index in [-0.39, 0.29) is 31.5 Å². The largest absolute Gasteiger partial charge is 0.465 e. The number of ether oxygens (including phenoxy) is 2. The van der Waals surface area contributed by atoms with Gasteiger partial charge in [-0.15, -0.1) is 0 Å². The summed E-state index contributed by atoms with van der Waals surface area (Å²) in [4.78, 5) is 25.4. The van der Waals surface area contributed by atoms with Gasteiger partial charge < -0.3 is 9.47 Å². The highest BCUT2D eigenvalue weighted by Crippen LogP contribution is 2.52. The average molecular weight is 435 g/mol. The molecule has 0 amide bonds. The molecule has 0 aromatic carbocycles. The highest BCUT2D eigenvalue weighted by Gasteiger charge is 2.73. The molecule has 170 valence electrons. The Balaban J connectivity index is 2.80.